The average molecular weight is 294 g/mol. The maximum atomic E-state index is 12.4. The summed E-state index contributed by atoms with van der Waals surface area (Å²) < 4.78 is 10.7. The second-order valence-corrected chi connectivity index (χ2v) is 4.65. The van der Waals surface area contributed by atoms with Gasteiger partial charge in [-0.15, -0.1) is 0 Å². The zero-order valence-corrected chi connectivity index (χ0v) is 13.0. The molecule has 0 fully saturated rings. The van der Waals surface area contributed by atoms with Gasteiger partial charge in [0.15, 0.2) is 0 Å². The van der Waals surface area contributed by atoms with E-state index in [9.17, 15) is 4.79 Å². The Hall–Kier alpha value is -1.59. The number of nitrogens with two attached hydrogens (primary N) is 1. The van der Waals surface area contributed by atoms with Crippen molar-refractivity contribution in [2.45, 2.75) is 20.3 Å². The molecule has 5 heteroatoms. The highest BCUT2D eigenvalue weighted by Crippen LogP contribution is 2.12. The van der Waals surface area contributed by atoms with Gasteiger partial charge in [-0.05, 0) is 25.5 Å². The van der Waals surface area contributed by atoms with Crippen molar-refractivity contribution < 1.29 is 14.3 Å². The quantitative estimate of drug-likeness (QED) is 0.527. The van der Waals surface area contributed by atoms with Crippen molar-refractivity contribution in [2.75, 3.05) is 45.3 Å². The molecule has 0 bridgehead atoms. The molecule has 5 nitrogen and oxygen atoms in total. The average Bonchev–Trinajstić information content (AvgIpc) is 2.48. The van der Waals surface area contributed by atoms with Crippen LogP contribution in [0.1, 0.15) is 19.4 Å². The number of benzene rings is 1. The van der Waals surface area contributed by atoms with Gasteiger partial charge in [-0.2, -0.15) is 0 Å². The number of nitrogens with zero attached hydrogens (tertiary/aromatic N) is 1. The SMILES string of the molecule is CCOCCN(CCOCC)C(=O)Cc1ccccc1N. The van der Waals surface area contributed by atoms with E-state index in [2.05, 4.69) is 0 Å². The van der Waals surface area contributed by atoms with Crippen LogP contribution in [0.15, 0.2) is 24.3 Å². The van der Waals surface area contributed by atoms with E-state index in [1.807, 2.05) is 38.1 Å². The third kappa shape index (κ3) is 6.60. The molecule has 1 aromatic rings. The van der Waals surface area contributed by atoms with E-state index in [-0.39, 0.29) is 5.91 Å². The molecule has 0 aliphatic carbocycles. The van der Waals surface area contributed by atoms with E-state index in [4.69, 9.17) is 15.2 Å². The van der Waals surface area contributed by atoms with Crippen molar-refractivity contribution in [1.29, 1.82) is 0 Å². The predicted octanol–water partition coefficient (Wildman–Crippen LogP) is 1.71. The summed E-state index contributed by atoms with van der Waals surface area (Å²) in [4.78, 5) is 14.2. The number of anilines is 1. The molecular weight excluding hydrogens is 268 g/mol. The van der Waals surface area contributed by atoms with Gasteiger partial charge in [-0.3, -0.25) is 4.79 Å². The van der Waals surface area contributed by atoms with Crippen LogP contribution in [0.4, 0.5) is 5.69 Å². The van der Waals surface area contributed by atoms with Gasteiger partial charge in [0.1, 0.15) is 0 Å². The number of nitrogen functional groups attached to an aromatic ring is 1. The third-order valence-electron chi connectivity index (χ3n) is 3.17. The lowest BCUT2D eigenvalue weighted by molar-refractivity contribution is -0.132. The number of ether oxygens (including phenoxy) is 2. The van der Waals surface area contributed by atoms with Gasteiger partial charge in [0.25, 0.3) is 0 Å². The second kappa shape index (κ2) is 10.2. The minimum Gasteiger partial charge on any atom is -0.398 e. The predicted molar refractivity (Wildman–Crippen MR) is 84.1 cm³/mol. The van der Waals surface area contributed by atoms with Gasteiger partial charge in [-0.1, -0.05) is 18.2 Å². The molecule has 0 saturated carbocycles. The Labute approximate surface area is 127 Å². The Bertz CT molecular complexity index is 414. The summed E-state index contributed by atoms with van der Waals surface area (Å²) in [5.74, 6) is 0.0484. The summed E-state index contributed by atoms with van der Waals surface area (Å²) in [7, 11) is 0. The number of carbonyl (C=O) groups is 1. The van der Waals surface area contributed by atoms with E-state index in [0.717, 1.165) is 5.56 Å². The molecular formula is C16H26N2O3. The van der Waals surface area contributed by atoms with E-state index >= 15 is 0 Å². The van der Waals surface area contributed by atoms with Crippen molar-refractivity contribution in [3.63, 3.8) is 0 Å². The van der Waals surface area contributed by atoms with Crippen LogP contribution in [-0.4, -0.2) is 50.3 Å². The minimum atomic E-state index is 0.0484. The third-order valence-corrected chi connectivity index (χ3v) is 3.17. The molecule has 0 spiro atoms. The van der Waals surface area contributed by atoms with Crippen LogP contribution in [0.3, 0.4) is 0 Å². The molecule has 0 radical (unpaired) electrons. The first kappa shape index (κ1) is 17.5. The molecule has 0 aliphatic rings. The zero-order chi connectivity index (χ0) is 15.5. The molecule has 0 heterocycles. The van der Waals surface area contributed by atoms with Crippen molar-refractivity contribution in [3.8, 4) is 0 Å². The molecule has 21 heavy (non-hydrogen) atoms. The molecule has 1 amide bonds. The van der Waals surface area contributed by atoms with E-state index < -0.39 is 0 Å². The van der Waals surface area contributed by atoms with Gasteiger partial charge >= 0.3 is 0 Å². The summed E-state index contributed by atoms with van der Waals surface area (Å²) in [5, 5.41) is 0. The van der Waals surface area contributed by atoms with Crippen molar-refractivity contribution >= 4 is 11.6 Å². The lowest BCUT2D eigenvalue weighted by atomic mass is 10.1. The van der Waals surface area contributed by atoms with Crippen LogP contribution >= 0.6 is 0 Å². The van der Waals surface area contributed by atoms with E-state index in [1.54, 1.807) is 4.90 Å². The molecule has 1 aromatic carbocycles. The fourth-order valence-corrected chi connectivity index (χ4v) is 1.97. The Kier molecular flexibility index (Phi) is 8.47. The normalized spacial score (nSPS) is 10.6. The standard InChI is InChI=1S/C16H26N2O3/c1-3-20-11-9-18(10-12-21-4-2)16(19)13-14-7-5-6-8-15(14)17/h5-8H,3-4,9-13,17H2,1-2H3. The molecule has 0 atom stereocenters. The Morgan fingerprint density at radius 3 is 2.19 bits per heavy atom. The monoisotopic (exact) mass is 294 g/mol. The number of para-hydroxylation sites is 1. The van der Waals surface area contributed by atoms with Gasteiger partial charge in [0, 0.05) is 32.0 Å². The number of amides is 1. The molecule has 0 saturated heterocycles. The summed E-state index contributed by atoms with van der Waals surface area (Å²) in [6.07, 6.45) is 0.310. The van der Waals surface area contributed by atoms with Crippen molar-refractivity contribution in [2.24, 2.45) is 0 Å². The fraction of sp³-hybridized carbons (Fsp3) is 0.562. The van der Waals surface area contributed by atoms with E-state index in [1.165, 1.54) is 0 Å². The number of hydrogen-bond donors (Lipinski definition) is 1. The molecule has 0 aliphatic heterocycles. The number of hydrogen-bond acceptors (Lipinski definition) is 4. The summed E-state index contributed by atoms with van der Waals surface area (Å²) in [6.45, 7) is 7.42. The zero-order valence-electron chi connectivity index (χ0n) is 13.0. The Morgan fingerprint density at radius 2 is 1.67 bits per heavy atom. The lowest BCUT2D eigenvalue weighted by Gasteiger charge is -2.23. The van der Waals surface area contributed by atoms with Gasteiger partial charge < -0.3 is 20.1 Å². The summed E-state index contributed by atoms with van der Waals surface area (Å²) >= 11 is 0. The van der Waals surface area contributed by atoms with Crippen LogP contribution in [-0.2, 0) is 20.7 Å². The molecule has 0 aromatic heterocycles. The van der Waals surface area contributed by atoms with E-state index in [0.29, 0.717) is 51.6 Å². The largest absolute Gasteiger partial charge is 0.398 e. The lowest BCUT2D eigenvalue weighted by Crippen LogP contribution is -2.37. The molecule has 1 rings (SSSR count). The first-order valence-corrected chi connectivity index (χ1v) is 7.45. The second-order valence-electron chi connectivity index (χ2n) is 4.65. The van der Waals surface area contributed by atoms with Crippen LogP contribution < -0.4 is 5.73 Å². The van der Waals surface area contributed by atoms with Crippen LogP contribution in [0.5, 0.6) is 0 Å². The number of carbonyl (C=O) groups excluding carboxylic acids is 1. The summed E-state index contributed by atoms with van der Waals surface area (Å²) in [5.41, 5.74) is 7.41. The Balaban J connectivity index is 2.58. The van der Waals surface area contributed by atoms with Crippen LogP contribution in [0.2, 0.25) is 0 Å². The highest BCUT2D eigenvalue weighted by atomic mass is 16.5. The summed E-state index contributed by atoms with van der Waals surface area (Å²) in [6, 6.07) is 7.46. The minimum absolute atomic E-state index is 0.0484. The maximum Gasteiger partial charge on any atom is 0.227 e. The van der Waals surface area contributed by atoms with Crippen molar-refractivity contribution in [1.82, 2.24) is 4.90 Å². The van der Waals surface area contributed by atoms with Gasteiger partial charge in [-0.25, -0.2) is 0 Å². The smallest absolute Gasteiger partial charge is 0.227 e. The van der Waals surface area contributed by atoms with Gasteiger partial charge in [0.2, 0.25) is 5.91 Å². The first-order chi connectivity index (χ1) is 10.2. The van der Waals surface area contributed by atoms with Crippen molar-refractivity contribution in [3.05, 3.63) is 29.8 Å². The van der Waals surface area contributed by atoms with Crippen LogP contribution in [0.25, 0.3) is 0 Å². The Morgan fingerprint density at radius 1 is 1.10 bits per heavy atom. The topological polar surface area (TPSA) is 64.8 Å². The molecule has 0 unspecified atom stereocenters. The van der Waals surface area contributed by atoms with Crippen LogP contribution in [0, 0.1) is 0 Å². The first-order valence-electron chi connectivity index (χ1n) is 7.45. The van der Waals surface area contributed by atoms with Gasteiger partial charge in [0.05, 0.1) is 19.6 Å². The molecule has 118 valence electrons. The fourth-order valence-electron chi connectivity index (χ4n) is 1.97. The number of rotatable bonds is 10. The highest BCUT2D eigenvalue weighted by Gasteiger charge is 2.14. The highest BCUT2D eigenvalue weighted by molar-refractivity contribution is 5.80. The maximum absolute atomic E-state index is 12.4. The molecule has 2 N–H and O–H groups in total.